The van der Waals surface area contributed by atoms with Crippen LogP contribution in [0, 0.1) is 0 Å². The highest BCUT2D eigenvalue weighted by Crippen LogP contribution is 2.26. The first kappa shape index (κ1) is 17.5. The first-order valence-electron chi connectivity index (χ1n) is 6.41. The molecule has 0 saturated carbocycles. The van der Waals surface area contributed by atoms with Gasteiger partial charge in [-0.15, -0.1) is 0 Å². The van der Waals surface area contributed by atoms with Gasteiger partial charge in [0.2, 0.25) is 0 Å². The minimum atomic E-state index is -3.20. The van der Waals surface area contributed by atoms with Crippen LogP contribution in [0.15, 0.2) is 35.7 Å². The molecule has 0 fully saturated rings. The summed E-state index contributed by atoms with van der Waals surface area (Å²) in [6.45, 7) is 0.0866. The number of nitrogens with one attached hydrogen (secondary N) is 2. The lowest BCUT2D eigenvalue weighted by molar-refractivity contribution is 0.0953. The van der Waals surface area contributed by atoms with E-state index in [-0.39, 0.29) is 12.2 Å². The number of carbonyl (C=O) groups excluding carboxylic acids is 1. The zero-order valence-electron chi connectivity index (χ0n) is 12.0. The van der Waals surface area contributed by atoms with Gasteiger partial charge in [0.05, 0.1) is 5.69 Å². The lowest BCUT2D eigenvalue weighted by Gasteiger charge is -1.99. The average Bonchev–Trinajstić information content (AvgIpc) is 2.91. The van der Waals surface area contributed by atoms with Gasteiger partial charge in [-0.1, -0.05) is 29.3 Å². The first-order valence-corrected chi connectivity index (χ1v) is 9.12. The summed E-state index contributed by atoms with van der Waals surface area (Å²) in [5.41, 5.74) is 1.44. The maximum atomic E-state index is 11.9. The number of nitrogens with zero attached hydrogens (tertiary/aromatic N) is 1. The van der Waals surface area contributed by atoms with E-state index in [1.54, 1.807) is 24.3 Å². The van der Waals surface area contributed by atoms with Crippen molar-refractivity contribution in [1.29, 1.82) is 0 Å². The summed E-state index contributed by atoms with van der Waals surface area (Å²) in [4.78, 5) is 11.9. The maximum Gasteiger partial charge on any atom is 0.269 e. The van der Waals surface area contributed by atoms with Crippen LogP contribution >= 0.6 is 23.2 Å². The molecular weight excluding hydrogens is 361 g/mol. The zero-order valence-corrected chi connectivity index (χ0v) is 14.3. The fraction of sp³-hybridized carbons (Fsp3) is 0.143. The molecule has 0 bridgehead atoms. The van der Waals surface area contributed by atoms with Crippen molar-refractivity contribution in [1.82, 2.24) is 15.5 Å². The molecule has 0 unspecified atom stereocenters. The van der Waals surface area contributed by atoms with E-state index in [2.05, 4.69) is 15.5 Å². The molecule has 0 atom stereocenters. The van der Waals surface area contributed by atoms with Crippen molar-refractivity contribution < 1.29 is 13.2 Å². The lowest BCUT2D eigenvalue weighted by Crippen LogP contribution is -2.23. The highest BCUT2D eigenvalue weighted by molar-refractivity contribution is 7.93. The highest BCUT2D eigenvalue weighted by atomic mass is 35.5. The number of benzene rings is 1. The molecule has 2 aromatic rings. The van der Waals surface area contributed by atoms with Crippen LogP contribution < -0.4 is 5.32 Å². The van der Waals surface area contributed by atoms with Gasteiger partial charge in [-0.3, -0.25) is 9.89 Å². The predicted molar refractivity (Wildman–Crippen MR) is 90.4 cm³/mol. The van der Waals surface area contributed by atoms with Gasteiger partial charge in [0.1, 0.15) is 5.69 Å². The number of hydrogen-bond donors (Lipinski definition) is 2. The van der Waals surface area contributed by atoms with Crippen LogP contribution in [-0.2, 0) is 9.84 Å². The molecule has 0 aliphatic rings. The molecule has 1 heterocycles. The van der Waals surface area contributed by atoms with Crippen molar-refractivity contribution in [3.63, 3.8) is 0 Å². The molecule has 1 aromatic heterocycles. The second kappa shape index (κ2) is 7.16. The van der Waals surface area contributed by atoms with Crippen molar-refractivity contribution in [3.05, 3.63) is 51.5 Å². The molecule has 0 spiro atoms. The van der Waals surface area contributed by atoms with Crippen molar-refractivity contribution >= 4 is 38.9 Å². The van der Waals surface area contributed by atoms with E-state index in [4.69, 9.17) is 23.2 Å². The van der Waals surface area contributed by atoms with Crippen molar-refractivity contribution in [2.75, 3.05) is 12.8 Å². The standard InChI is InChI=1S/C14H13Cl2N3O3S/c1-23(21,22)4-2-3-17-14(20)13-8-12(18-19-13)9-5-10(15)7-11(16)6-9/h2,4-8H,3H2,1H3,(H,17,20)(H,18,19)/b4-2+. The van der Waals surface area contributed by atoms with Crippen molar-refractivity contribution in [2.24, 2.45) is 0 Å². The quantitative estimate of drug-likeness (QED) is 0.842. The minimum absolute atomic E-state index is 0.0866. The fourth-order valence-electron chi connectivity index (χ4n) is 1.76. The van der Waals surface area contributed by atoms with Crippen LogP contribution in [0.4, 0.5) is 0 Å². The van der Waals surface area contributed by atoms with E-state index >= 15 is 0 Å². The Morgan fingerprint density at radius 1 is 1.26 bits per heavy atom. The predicted octanol–water partition coefficient (Wildman–Crippen LogP) is 2.67. The molecule has 6 nitrogen and oxygen atoms in total. The van der Waals surface area contributed by atoms with E-state index in [1.807, 2.05) is 0 Å². The number of carbonyl (C=O) groups is 1. The van der Waals surface area contributed by atoms with Crippen LogP contribution in [0.25, 0.3) is 11.3 Å². The smallest absolute Gasteiger partial charge is 0.269 e. The van der Waals surface area contributed by atoms with E-state index < -0.39 is 15.7 Å². The second-order valence-corrected chi connectivity index (χ2v) is 7.54. The summed E-state index contributed by atoms with van der Waals surface area (Å²) in [6.07, 6.45) is 2.42. The van der Waals surface area contributed by atoms with Crippen LogP contribution in [-0.4, -0.2) is 37.3 Å². The Morgan fingerprint density at radius 2 is 1.91 bits per heavy atom. The molecule has 2 N–H and O–H groups in total. The SMILES string of the molecule is CS(=O)(=O)/C=C/CNC(=O)c1cc(-c2cc(Cl)cc(Cl)c2)n[nH]1. The number of aromatic nitrogens is 2. The monoisotopic (exact) mass is 373 g/mol. The van der Waals surface area contributed by atoms with E-state index in [0.29, 0.717) is 21.3 Å². The summed E-state index contributed by atoms with van der Waals surface area (Å²) in [5, 5.41) is 11.2. The van der Waals surface area contributed by atoms with Gasteiger partial charge in [0.25, 0.3) is 5.91 Å². The van der Waals surface area contributed by atoms with Crippen LogP contribution in [0.1, 0.15) is 10.5 Å². The number of rotatable bonds is 5. The van der Waals surface area contributed by atoms with Crippen molar-refractivity contribution in [2.45, 2.75) is 0 Å². The molecule has 9 heteroatoms. The molecule has 0 aliphatic carbocycles. The number of sulfone groups is 1. The first-order chi connectivity index (χ1) is 10.7. The zero-order chi connectivity index (χ0) is 17.0. The van der Waals surface area contributed by atoms with Gasteiger partial charge in [0.15, 0.2) is 9.84 Å². The summed E-state index contributed by atoms with van der Waals surface area (Å²) >= 11 is 11.9. The summed E-state index contributed by atoms with van der Waals surface area (Å²) in [6, 6.07) is 6.51. The third kappa shape index (κ3) is 5.38. The Labute approximate surface area is 143 Å². The average molecular weight is 374 g/mol. The van der Waals surface area contributed by atoms with E-state index in [1.165, 1.54) is 6.08 Å². The fourth-order valence-corrected chi connectivity index (χ4v) is 2.73. The Kier molecular flexibility index (Phi) is 5.46. The van der Waals surface area contributed by atoms with E-state index in [9.17, 15) is 13.2 Å². The van der Waals surface area contributed by atoms with Crippen molar-refractivity contribution in [3.8, 4) is 11.3 Å². The van der Waals surface area contributed by atoms with Crippen LogP contribution in [0.2, 0.25) is 10.0 Å². The van der Waals surface area contributed by atoms with Gasteiger partial charge in [0, 0.05) is 33.8 Å². The van der Waals surface area contributed by atoms with Crippen LogP contribution in [0.3, 0.4) is 0 Å². The molecular formula is C14H13Cl2N3O3S. The van der Waals surface area contributed by atoms with Gasteiger partial charge in [-0.2, -0.15) is 5.10 Å². The largest absolute Gasteiger partial charge is 0.347 e. The number of H-pyrrole nitrogens is 1. The Balaban J connectivity index is 2.06. The Morgan fingerprint density at radius 3 is 2.52 bits per heavy atom. The van der Waals surface area contributed by atoms with Gasteiger partial charge >= 0.3 is 0 Å². The maximum absolute atomic E-state index is 11.9. The molecule has 23 heavy (non-hydrogen) atoms. The second-order valence-electron chi connectivity index (χ2n) is 4.74. The molecule has 1 amide bonds. The Hall–Kier alpha value is -1.83. The Bertz CT molecular complexity index is 840. The van der Waals surface area contributed by atoms with E-state index in [0.717, 1.165) is 11.7 Å². The topological polar surface area (TPSA) is 91.9 Å². The third-order valence-corrected chi connectivity index (χ3v) is 3.83. The van der Waals surface area contributed by atoms with Crippen LogP contribution in [0.5, 0.6) is 0 Å². The summed E-state index contributed by atoms with van der Waals surface area (Å²) < 4.78 is 21.8. The number of aromatic amines is 1. The number of halogens is 2. The lowest BCUT2D eigenvalue weighted by atomic mass is 10.1. The molecule has 0 radical (unpaired) electrons. The summed E-state index contributed by atoms with van der Waals surface area (Å²) in [7, 11) is -3.20. The summed E-state index contributed by atoms with van der Waals surface area (Å²) in [5.74, 6) is -0.407. The minimum Gasteiger partial charge on any atom is -0.347 e. The molecule has 1 aromatic carbocycles. The van der Waals surface area contributed by atoms with Gasteiger partial charge in [-0.25, -0.2) is 8.42 Å². The normalized spacial score (nSPS) is 11.8. The molecule has 0 aliphatic heterocycles. The number of hydrogen-bond acceptors (Lipinski definition) is 4. The third-order valence-electron chi connectivity index (χ3n) is 2.70. The highest BCUT2D eigenvalue weighted by Gasteiger charge is 2.11. The van der Waals surface area contributed by atoms with Gasteiger partial charge in [-0.05, 0) is 24.3 Å². The molecule has 2 rings (SSSR count). The number of amides is 1. The molecule has 0 saturated heterocycles. The molecule has 122 valence electrons. The van der Waals surface area contributed by atoms with Gasteiger partial charge < -0.3 is 5.32 Å².